The fourth-order valence-corrected chi connectivity index (χ4v) is 1.08. The lowest BCUT2D eigenvalue weighted by atomic mass is 9.89. The van der Waals surface area contributed by atoms with Crippen molar-refractivity contribution in [2.75, 3.05) is 13.6 Å². The summed E-state index contributed by atoms with van der Waals surface area (Å²) in [6.45, 7) is 0.355. The van der Waals surface area contributed by atoms with Crippen molar-refractivity contribution in [3.8, 4) is 0 Å². The molecule has 4 heteroatoms. The van der Waals surface area contributed by atoms with E-state index in [0.29, 0.717) is 12.6 Å². The number of hydrogen-bond acceptors (Lipinski definition) is 3. The summed E-state index contributed by atoms with van der Waals surface area (Å²) in [5, 5.41) is 14.4. The largest absolute Gasteiger partial charge is 0.393 e. The van der Waals surface area contributed by atoms with Crippen molar-refractivity contribution in [3.05, 3.63) is 0 Å². The van der Waals surface area contributed by atoms with E-state index in [1.54, 1.807) is 7.05 Å². The number of nitrogens with one attached hydrogen (secondary N) is 2. The Labute approximate surface area is 66.0 Å². The van der Waals surface area contributed by atoms with E-state index >= 15 is 0 Å². The van der Waals surface area contributed by atoms with Gasteiger partial charge in [0.1, 0.15) is 0 Å². The molecule has 0 heterocycles. The second-order valence-electron chi connectivity index (χ2n) is 2.88. The first-order valence-corrected chi connectivity index (χ1v) is 3.84. The summed E-state index contributed by atoms with van der Waals surface area (Å²) in [7, 11) is 1.61. The molecule has 4 nitrogen and oxygen atoms in total. The van der Waals surface area contributed by atoms with Gasteiger partial charge in [-0.15, -0.1) is 0 Å². The number of likely N-dealkylation sites (N-methyl/N-ethyl adjacent to an activating group) is 1. The van der Waals surface area contributed by atoms with Crippen molar-refractivity contribution in [2.24, 2.45) is 0 Å². The van der Waals surface area contributed by atoms with Crippen LogP contribution in [0.4, 0.5) is 0 Å². The van der Waals surface area contributed by atoms with Gasteiger partial charge in [-0.25, -0.2) is 0 Å². The van der Waals surface area contributed by atoms with Crippen molar-refractivity contribution in [1.82, 2.24) is 10.6 Å². The maximum Gasteiger partial charge on any atom is 0.233 e. The molecule has 1 amide bonds. The Bertz CT molecular complexity index is 143. The quantitative estimate of drug-likeness (QED) is 0.486. The van der Waals surface area contributed by atoms with Gasteiger partial charge in [-0.2, -0.15) is 0 Å². The molecule has 1 aliphatic rings. The lowest BCUT2D eigenvalue weighted by Gasteiger charge is -2.31. The lowest BCUT2D eigenvalue weighted by molar-refractivity contribution is -0.120. The third-order valence-electron chi connectivity index (χ3n) is 1.94. The summed E-state index contributed by atoms with van der Waals surface area (Å²) < 4.78 is 0. The molecule has 0 aromatic heterocycles. The average molecular weight is 158 g/mol. The molecule has 1 fully saturated rings. The van der Waals surface area contributed by atoms with Gasteiger partial charge < -0.3 is 15.7 Å². The monoisotopic (exact) mass is 158 g/mol. The van der Waals surface area contributed by atoms with E-state index in [4.69, 9.17) is 5.11 Å². The van der Waals surface area contributed by atoms with E-state index in [1.807, 2.05) is 0 Å². The van der Waals surface area contributed by atoms with Crippen LogP contribution in [0.15, 0.2) is 0 Å². The average Bonchev–Trinajstić information content (AvgIpc) is 1.95. The summed E-state index contributed by atoms with van der Waals surface area (Å²) >= 11 is 0. The first-order valence-electron chi connectivity index (χ1n) is 3.84. The van der Waals surface area contributed by atoms with E-state index in [0.717, 1.165) is 12.8 Å². The maximum absolute atomic E-state index is 10.7. The summed E-state index contributed by atoms with van der Waals surface area (Å²) in [6.07, 6.45) is 1.39. The third kappa shape index (κ3) is 2.48. The summed E-state index contributed by atoms with van der Waals surface area (Å²) in [4.78, 5) is 10.7. The molecule has 0 bridgehead atoms. The zero-order valence-corrected chi connectivity index (χ0v) is 6.63. The van der Waals surface area contributed by atoms with Crippen molar-refractivity contribution < 1.29 is 9.90 Å². The predicted octanol–water partition coefficient (Wildman–Crippen LogP) is -1.15. The molecule has 1 saturated carbocycles. The van der Waals surface area contributed by atoms with E-state index in [9.17, 15) is 4.79 Å². The highest BCUT2D eigenvalue weighted by Crippen LogP contribution is 2.18. The molecule has 0 aromatic carbocycles. The Morgan fingerprint density at radius 3 is 2.73 bits per heavy atom. The van der Waals surface area contributed by atoms with Gasteiger partial charge in [-0.3, -0.25) is 4.79 Å². The van der Waals surface area contributed by atoms with Gasteiger partial charge in [0.05, 0.1) is 12.6 Å². The van der Waals surface area contributed by atoms with Crippen LogP contribution >= 0.6 is 0 Å². The van der Waals surface area contributed by atoms with Gasteiger partial charge in [0.15, 0.2) is 0 Å². The minimum atomic E-state index is -0.155. The van der Waals surface area contributed by atoms with Crippen LogP contribution in [-0.2, 0) is 4.79 Å². The van der Waals surface area contributed by atoms with Crippen LogP contribution in [0, 0.1) is 0 Å². The molecular weight excluding hydrogens is 144 g/mol. The first kappa shape index (κ1) is 8.49. The minimum absolute atomic E-state index is 0.00797. The Morgan fingerprint density at radius 2 is 2.27 bits per heavy atom. The normalized spacial score (nSPS) is 29.3. The molecule has 0 aliphatic heterocycles. The topological polar surface area (TPSA) is 61.4 Å². The molecule has 0 unspecified atom stereocenters. The van der Waals surface area contributed by atoms with Crippen LogP contribution < -0.4 is 10.6 Å². The number of carbonyl (C=O) groups excluding carboxylic acids is 1. The number of rotatable bonds is 3. The van der Waals surface area contributed by atoms with Gasteiger partial charge in [0.25, 0.3) is 0 Å². The van der Waals surface area contributed by atoms with Crippen LogP contribution in [0.3, 0.4) is 0 Å². The number of aliphatic hydroxyl groups excluding tert-OH is 1. The number of hydrogen-bond donors (Lipinski definition) is 3. The van der Waals surface area contributed by atoms with E-state index in [1.165, 1.54) is 0 Å². The van der Waals surface area contributed by atoms with Crippen LogP contribution in [0.2, 0.25) is 0 Å². The summed E-state index contributed by atoms with van der Waals surface area (Å²) in [5.41, 5.74) is 0. The lowest BCUT2D eigenvalue weighted by Crippen LogP contribution is -2.47. The summed E-state index contributed by atoms with van der Waals surface area (Å²) in [5.74, 6) is -0.00797. The smallest absolute Gasteiger partial charge is 0.233 e. The SMILES string of the molecule is CNC(=O)CNC1CC(O)C1. The van der Waals surface area contributed by atoms with Crippen LogP contribution in [0.1, 0.15) is 12.8 Å². The number of amides is 1. The van der Waals surface area contributed by atoms with Crippen molar-refractivity contribution in [3.63, 3.8) is 0 Å². The second kappa shape index (κ2) is 3.69. The number of carbonyl (C=O) groups is 1. The Morgan fingerprint density at radius 1 is 1.64 bits per heavy atom. The Hall–Kier alpha value is -0.610. The van der Waals surface area contributed by atoms with Crippen molar-refractivity contribution in [1.29, 1.82) is 0 Å². The molecule has 0 saturated heterocycles. The van der Waals surface area contributed by atoms with Crippen LogP contribution in [-0.4, -0.2) is 36.8 Å². The Kier molecular flexibility index (Phi) is 2.84. The van der Waals surface area contributed by atoms with Gasteiger partial charge in [0.2, 0.25) is 5.91 Å². The van der Waals surface area contributed by atoms with E-state index < -0.39 is 0 Å². The van der Waals surface area contributed by atoms with Gasteiger partial charge in [-0.1, -0.05) is 0 Å². The second-order valence-corrected chi connectivity index (χ2v) is 2.88. The zero-order chi connectivity index (χ0) is 8.27. The van der Waals surface area contributed by atoms with Crippen molar-refractivity contribution in [2.45, 2.75) is 25.0 Å². The summed E-state index contributed by atoms with van der Waals surface area (Å²) in [6, 6.07) is 0.335. The highest BCUT2D eigenvalue weighted by molar-refractivity contribution is 5.77. The van der Waals surface area contributed by atoms with Crippen LogP contribution in [0.25, 0.3) is 0 Å². The molecule has 3 N–H and O–H groups in total. The van der Waals surface area contributed by atoms with Crippen LogP contribution in [0.5, 0.6) is 0 Å². The minimum Gasteiger partial charge on any atom is -0.393 e. The van der Waals surface area contributed by atoms with Crippen molar-refractivity contribution >= 4 is 5.91 Å². The molecule has 0 atom stereocenters. The first-order chi connectivity index (χ1) is 5.22. The fourth-order valence-electron chi connectivity index (χ4n) is 1.08. The molecule has 0 aromatic rings. The third-order valence-corrected chi connectivity index (χ3v) is 1.94. The van der Waals surface area contributed by atoms with Gasteiger partial charge >= 0.3 is 0 Å². The highest BCUT2D eigenvalue weighted by Gasteiger charge is 2.26. The predicted molar refractivity (Wildman–Crippen MR) is 41.1 cm³/mol. The molecule has 1 rings (SSSR count). The standard InChI is InChI=1S/C7H14N2O2/c1-8-7(11)4-9-5-2-6(10)3-5/h5-6,9-10H,2-4H2,1H3,(H,8,11). The molecule has 64 valence electrons. The van der Waals surface area contributed by atoms with E-state index in [2.05, 4.69) is 10.6 Å². The zero-order valence-electron chi connectivity index (χ0n) is 6.63. The molecule has 11 heavy (non-hydrogen) atoms. The van der Waals surface area contributed by atoms with Gasteiger partial charge in [-0.05, 0) is 12.8 Å². The number of aliphatic hydroxyl groups is 1. The Balaban J connectivity index is 2.00. The molecule has 0 spiro atoms. The van der Waals surface area contributed by atoms with Gasteiger partial charge in [0, 0.05) is 13.1 Å². The maximum atomic E-state index is 10.7. The van der Waals surface area contributed by atoms with E-state index in [-0.39, 0.29) is 12.0 Å². The fraction of sp³-hybridized carbons (Fsp3) is 0.857. The molecule has 0 radical (unpaired) electrons. The highest BCUT2D eigenvalue weighted by atomic mass is 16.3. The molecular formula is C7H14N2O2. The molecule has 1 aliphatic carbocycles.